The summed E-state index contributed by atoms with van der Waals surface area (Å²) in [6, 6.07) is 5.27. The van der Waals surface area contributed by atoms with Crippen LogP contribution in [0, 0.1) is 6.92 Å². The minimum absolute atomic E-state index is 0.0677. The molecule has 4 nitrogen and oxygen atoms in total. The summed E-state index contributed by atoms with van der Waals surface area (Å²) in [6.07, 6.45) is 0. The van der Waals surface area contributed by atoms with Gasteiger partial charge in [0.1, 0.15) is 21.7 Å². The average molecular weight is 366 g/mol. The van der Waals surface area contributed by atoms with Gasteiger partial charge in [0.25, 0.3) is 0 Å². The maximum atomic E-state index is 12.4. The Balaban J connectivity index is 2.68. The molecule has 1 aromatic carbocycles. The maximum Gasteiger partial charge on any atom is 0.193 e. The van der Waals surface area contributed by atoms with E-state index < -0.39 is 16.1 Å². The van der Waals surface area contributed by atoms with Gasteiger partial charge in [-0.25, -0.2) is 0 Å². The van der Waals surface area contributed by atoms with E-state index in [-0.39, 0.29) is 5.43 Å². The van der Waals surface area contributed by atoms with Crippen LogP contribution in [-0.4, -0.2) is 20.8 Å². The number of fused-ring (bicyclic) bond motifs is 1. The molecule has 0 bridgehead atoms. The molecule has 24 heavy (non-hydrogen) atoms. The lowest BCUT2D eigenvalue weighted by Crippen LogP contribution is -2.26. The molecule has 0 N–H and O–H groups in total. The third-order valence-electron chi connectivity index (χ3n) is 3.37. The number of nitrogens with zero attached hydrogens (tertiary/aromatic N) is 1. The summed E-state index contributed by atoms with van der Waals surface area (Å²) < 4.78 is 22.2. The molecule has 0 fully saturated rings. The van der Waals surface area contributed by atoms with E-state index in [2.05, 4.69) is 4.40 Å². The first-order valence-electron chi connectivity index (χ1n) is 7.82. The van der Waals surface area contributed by atoms with Gasteiger partial charge in [-0.05, 0) is 58.1 Å². The smallest absolute Gasteiger partial charge is 0.193 e. The number of hydrogen-bond acceptors (Lipinski definition) is 5. The van der Waals surface area contributed by atoms with Crippen molar-refractivity contribution in [3.8, 4) is 0 Å². The van der Waals surface area contributed by atoms with Crippen LogP contribution >= 0.6 is 11.8 Å². The molecular weight excluding hydrogens is 342 g/mol. The molecule has 2 rings (SSSR count). The van der Waals surface area contributed by atoms with Crippen molar-refractivity contribution in [1.82, 2.24) is 0 Å². The molecule has 0 aliphatic heterocycles. The molecule has 1 aromatic heterocycles. The number of rotatable bonds is 4. The fourth-order valence-electron chi connectivity index (χ4n) is 2.17. The summed E-state index contributed by atoms with van der Waals surface area (Å²) in [5.41, 5.74) is 2.71. The van der Waals surface area contributed by atoms with Gasteiger partial charge in [0.2, 0.25) is 0 Å². The molecule has 0 radical (unpaired) electrons. The summed E-state index contributed by atoms with van der Waals surface area (Å²) in [5.74, 6) is 0.816. The Morgan fingerprint density at radius 2 is 2.00 bits per heavy atom. The minimum atomic E-state index is -1.37. The highest BCUT2D eigenvalue weighted by Crippen LogP contribution is 2.26. The highest BCUT2D eigenvalue weighted by Gasteiger charge is 2.27. The lowest BCUT2D eigenvalue weighted by Gasteiger charge is -2.19. The zero-order valence-electron chi connectivity index (χ0n) is 14.9. The fraction of sp³-hybridized carbons (Fsp3) is 0.444. The van der Waals surface area contributed by atoms with Crippen LogP contribution in [0.5, 0.6) is 0 Å². The molecule has 2 aromatic rings. The molecule has 130 valence electrons. The SMILES string of the molecule is CCSc1cc(=O)c2cc(C)cc(/C(C)=N/[S@+]([O-])C(C)(C)C)c2o1. The van der Waals surface area contributed by atoms with E-state index in [4.69, 9.17) is 4.42 Å². The van der Waals surface area contributed by atoms with Crippen LogP contribution in [-0.2, 0) is 11.4 Å². The highest BCUT2D eigenvalue weighted by molar-refractivity contribution is 7.99. The Hall–Kier alpha value is -1.24. The van der Waals surface area contributed by atoms with Crippen LogP contribution in [0.15, 0.2) is 36.9 Å². The number of benzene rings is 1. The monoisotopic (exact) mass is 365 g/mol. The second-order valence-electron chi connectivity index (χ2n) is 6.59. The van der Waals surface area contributed by atoms with Gasteiger partial charge in [-0.1, -0.05) is 23.1 Å². The van der Waals surface area contributed by atoms with Crippen molar-refractivity contribution in [2.45, 2.75) is 51.4 Å². The van der Waals surface area contributed by atoms with E-state index in [1.165, 1.54) is 17.8 Å². The van der Waals surface area contributed by atoms with Crippen molar-refractivity contribution < 1.29 is 8.97 Å². The predicted molar refractivity (Wildman–Crippen MR) is 104 cm³/mol. The Kier molecular flexibility index (Phi) is 5.83. The van der Waals surface area contributed by atoms with Crippen LogP contribution in [0.1, 0.15) is 45.7 Å². The molecule has 0 spiro atoms. The maximum absolute atomic E-state index is 12.4. The molecule has 0 aliphatic rings. The van der Waals surface area contributed by atoms with Crippen LogP contribution in [0.2, 0.25) is 0 Å². The van der Waals surface area contributed by atoms with E-state index in [0.29, 0.717) is 21.8 Å². The molecule has 1 heterocycles. The Morgan fingerprint density at radius 1 is 1.33 bits per heavy atom. The summed E-state index contributed by atoms with van der Waals surface area (Å²) >= 11 is 0.112. The zero-order chi connectivity index (χ0) is 18.1. The van der Waals surface area contributed by atoms with Gasteiger partial charge in [0.15, 0.2) is 10.5 Å². The first-order valence-corrected chi connectivity index (χ1v) is 9.91. The molecular formula is C18H23NO3S2. The van der Waals surface area contributed by atoms with Crippen LogP contribution < -0.4 is 5.43 Å². The zero-order valence-corrected chi connectivity index (χ0v) is 16.6. The second-order valence-corrected chi connectivity index (χ2v) is 9.76. The van der Waals surface area contributed by atoms with E-state index in [1.807, 2.05) is 46.8 Å². The normalized spacial score (nSPS) is 14.2. The minimum Gasteiger partial charge on any atom is -0.591 e. The van der Waals surface area contributed by atoms with Crippen molar-refractivity contribution in [3.63, 3.8) is 0 Å². The van der Waals surface area contributed by atoms with Crippen LogP contribution in [0.3, 0.4) is 0 Å². The van der Waals surface area contributed by atoms with Crippen LogP contribution in [0.25, 0.3) is 11.0 Å². The summed E-state index contributed by atoms with van der Waals surface area (Å²) in [6.45, 7) is 11.4. The van der Waals surface area contributed by atoms with Crippen LogP contribution in [0.4, 0.5) is 0 Å². The van der Waals surface area contributed by atoms with Gasteiger partial charge in [0.05, 0.1) is 11.1 Å². The largest absolute Gasteiger partial charge is 0.591 e. The third-order valence-corrected chi connectivity index (χ3v) is 5.63. The first kappa shape index (κ1) is 19.1. The Morgan fingerprint density at radius 3 is 2.58 bits per heavy atom. The molecule has 1 atom stereocenters. The molecule has 0 amide bonds. The van der Waals surface area contributed by atoms with E-state index in [1.54, 1.807) is 6.92 Å². The average Bonchev–Trinajstić information content (AvgIpc) is 2.46. The second kappa shape index (κ2) is 7.33. The highest BCUT2D eigenvalue weighted by atomic mass is 32.2. The van der Waals surface area contributed by atoms with Crippen molar-refractivity contribution in [2.75, 3.05) is 5.75 Å². The lowest BCUT2D eigenvalue weighted by molar-refractivity contribution is 0.499. The van der Waals surface area contributed by atoms with Gasteiger partial charge < -0.3 is 8.97 Å². The number of hydrogen-bond donors (Lipinski definition) is 0. The predicted octanol–water partition coefficient (Wildman–Crippen LogP) is 4.48. The molecule has 6 heteroatoms. The first-order chi connectivity index (χ1) is 11.1. The van der Waals surface area contributed by atoms with Gasteiger partial charge >= 0.3 is 0 Å². The van der Waals surface area contributed by atoms with Crippen molar-refractivity contribution in [2.24, 2.45) is 4.40 Å². The molecule has 0 unspecified atom stereocenters. The van der Waals surface area contributed by atoms with Crippen molar-refractivity contribution in [3.05, 3.63) is 39.5 Å². The van der Waals surface area contributed by atoms with Crippen molar-refractivity contribution in [1.29, 1.82) is 0 Å². The number of thioether (sulfide) groups is 1. The summed E-state index contributed by atoms with van der Waals surface area (Å²) in [7, 11) is 0. The van der Waals surface area contributed by atoms with E-state index in [9.17, 15) is 9.35 Å². The van der Waals surface area contributed by atoms with Gasteiger partial charge in [0, 0.05) is 11.6 Å². The lowest BCUT2D eigenvalue weighted by atomic mass is 10.0. The van der Waals surface area contributed by atoms with E-state index in [0.717, 1.165) is 16.9 Å². The Bertz CT molecular complexity index is 834. The topological polar surface area (TPSA) is 65.6 Å². The van der Waals surface area contributed by atoms with E-state index >= 15 is 0 Å². The van der Waals surface area contributed by atoms with Gasteiger partial charge in [-0.3, -0.25) is 4.79 Å². The molecule has 0 saturated carbocycles. The summed E-state index contributed by atoms with van der Waals surface area (Å²) in [5, 5.41) is 1.12. The Labute approximate surface area is 150 Å². The third kappa shape index (κ3) is 4.23. The van der Waals surface area contributed by atoms with Crippen molar-refractivity contribution >= 4 is 39.8 Å². The quantitative estimate of drug-likeness (QED) is 0.455. The number of aryl methyl sites for hydroxylation is 1. The molecule has 0 saturated heterocycles. The summed E-state index contributed by atoms with van der Waals surface area (Å²) in [4.78, 5) is 12.4. The van der Waals surface area contributed by atoms with Gasteiger partial charge in [-0.15, -0.1) is 0 Å². The molecule has 0 aliphatic carbocycles. The standard InChI is InChI=1S/C18H23NO3S2/c1-7-23-16-10-15(20)14-9-11(2)8-13(17(14)22-16)12(3)19-24(21)18(4,5)6/h8-10H,7H2,1-6H3/b19-12+/t24-/m1/s1. The van der Waals surface area contributed by atoms with Gasteiger partial charge in [-0.2, -0.15) is 0 Å². The fourth-order valence-corrected chi connectivity index (χ4v) is 3.41.